The molecule has 0 bridgehead atoms. The largest absolute Gasteiger partial charge is 0.452 e. The van der Waals surface area contributed by atoms with Crippen molar-refractivity contribution >= 4 is 39.2 Å². The van der Waals surface area contributed by atoms with Crippen molar-refractivity contribution in [1.29, 1.82) is 0 Å². The molecule has 0 unspecified atom stereocenters. The van der Waals surface area contributed by atoms with Crippen LogP contribution in [0.2, 0.25) is 5.02 Å². The number of halogens is 2. The highest BCUT2D eigenvalue weighted by Gasteiger charge is 2.23. The summed E-state index contributed by atoms with van der Waals surface area (Å²) >= 11 is 5.92. The van der Waals surface area contributed by atoms with Gasteiger partial charge in [-0.05, 0) is 42.8 Å². The molecule has 10 heteroatoms. The monoisotopic (exact) mass is 428 g/mol. The molecule has 0 heterocycles. The second-order valence-electron chi connectivity index (χ2n) is 6.02. The first kappa shape index (κ1) is 21.8. The van der Waals surface area contributed by atoms with Gasteiger partial charge in [0.1, 0.15) is 10.7 Å². The minimum absolute atomic E-state index is 0.0515. The molecule has 0 saturated heterocycles. The van der Waals surface area contributed by atoms with Crippen molar-refractivity contribution < 1.29 is 27.1 Å². The van der Waals surface area contributed by atoms with Crippen molar-refractivity contribution in [3.05, 3.63) is 58.4 Å². The lowest BCUT2D eigenvalue weighted by atomic mass is 10.2. The fourth-order valence-corrected chi connectivity index (χ4v) is 3.50. The van der Waals surface area contributed by atoms with Crippen LogP contribution in [0.15, 0.2) is 41.3 Å². The zero-order valence-corrected chi connectivity index (χ0v) is 16.9. The predicted octanol–water partition coefficient (Wildman–Crippen LogP) is 2.83. The molecule has 1 amide bonds. The van der Waals surface area contributed by atoms with Gasteiger partial charge in [0, 0.05) is 19.8 Å². The summed E-state index contributed by atoms with van der Waals surface area (Å²) in [5, 5.41) is 2.35. The molecule has 28 heavy (non-hydrogen) atoms. The van der Waals surface area contributed by atoms with Crippen LogP contribution in [-0.4, -0.2) is 45.3 Å². The molecule has 0 atom stereocenters. The highest BCUT2D eigenvalue weighted by atomic mass is 35.5. The van der Waals surface area contributed by atoms with Crippen molar-refractivity contribution in [1.82, 2.24) is 4.31 Å². The molecule has 0 aliphatic rings. The Bertz CT molecular complexity index is 1020. The second kappa shape index (κ2) is 8.68. The number of sulfonamides is 1. The van der Waals surface area contributed by atoms with Crippen LogP contribution < -0.4 is 5.32 Å². The van der Waals surface area contributed by atoms with Crippen molar-refractivity contribution in [3.63, 3.8) is 0 Å². The van der Waals surface area contributed by atoms with Crippen LogP contribution in [-0.2, 0) is 19.6 Å². The summed E-state index contributed by atoms with van der Waals surface area (Å²) in [6, 6.07) is 7.77. The molecule has 2 rings (SSSR count). The van der Waals surface area contributed by atoms with Gasteiger partial charge in [-0.2, -0.15) is 0 Å². The molecule has 0 spiro atoms. The molecule has 2 aromatic carbocycles. The van der Waals surface area contributed by atoms with E-state index in [4.69, 9.17) is 16.3 Å². The lowest BCUT2D eigenvalue weighted by Crippen LogP contribution is -2.23. The molecule has 0 saturated carbocycles. The summed E-state index contributed by atoms with van der Waals surface area (Å²) in [6.45, 7) is 0.951. The zero-order valence-electron chi connectivity index (χ0n) is 15.3. The molecule has 1 N–H and O–H groups in total. The number of carbonyl (C=O) groups excluding carboxylic acids is 2. The van der Waals surface area contributed by atoms with Gasteiger partial charge < -0.3 is 10.1 Å². The Morgan fingerprint density at radius 3 is 2.46 bits per heavy atom. The number of rotatable bonds is 6. The summed E-state index contributed by atoms with van der Waals surface area (Å²) in [4.78, 5) is 23.8. The van der Waals surface area contributed by atoms with Crippen LogP contribution in [0, 0.1) is 12.7 Å². The molecule has 0 fully saturated rings. The number of hydrogen-bond acceptors (Lipinski definition) is 5. The minimum Gasteiger partial charge on any atom is -0.452 e. The fourth-order valence-electron chi connectivity index (χ4n) is 2.11. The predicted molar refractivity (Wildman–Crippen MR) is 102 cm³/mol. The van der Waals surface area contributed by atoms with Gasteiger partial charge in [-0.3, -0.25) is 4.79 Å². The maximum absolute atomic E-state index is 13.5. The number of anilines is 1. The van der Waals surface area contributed by atoms with Gasteiger partial charge in [0.25, 0.3) is 5.91 Å². The lowest BCUT2D eigenvalue weighted by Gasteiger charge is -2.13. The first-order valence-corrected chi connectivity index (χ1v) is 9.79. The van der Waals surface area contributed by atoms with E-state index < -0.39 is 34.3 Å². The van der Waals surface area contributed by atoms with E-state index in [-0.39, 0.29) is 21.2 Å². The number of ether oxygens (including phenoxy) is 1. The summed E-state index contributed by atoms with van der Waals surface area (Å²) < 4.78 is 43.8. The third-order valence-corrected chi connectivity index (χ3v) is 6.01. The molecule has 0 aliphatic heterocycles. The lowest BCUT2D eigenvalue weighted by molar-refractivity contribution is -0.119. The van der Waals surface area contributed by atoms with Crippen molar-refractivity contribution in [2.75, 3.05) is 26.0 Å². The van der Waals surface area contributed by atoms with Gasteiger partial charge in [-0.15, -0.1) is 0 Å². The van der Waals surface area contributed by atoms with Gasteiger partial charge in [-0.25, -0.2) is 21.9 Å². The summed E-state index contributed by atoms with van der Waals surface area (Å²) in [5.74, 6) is -2.06. The van der Waals surface area contributed by atoms with Gasteiger partial charge in [-0.1, -0.05) is 17.7 Å². The number of aryl methyl sites for hydroxylation is 1. The smallest absolute Gasteiger partial charge is 0.338 e. The topological polar surface area (TPSA) is 92.8 Å². The second-order valence-corrected chi connectivity index (χ2v) is 8.55. The van der Waals surface area contributed by atoms with Gasteiger partial charge in [0.05, 0.1) is 10.6 Å². The Morgan fingerprint density at radius 1 is 1.18 bits per heavy atom. The Balaban J connectivity index is 2.07. The molecule has 0 radical (unpaired) electrons. The number of benzene rings is 2. The maximum Gasteiger partial charge on any atom is 0.338 e. The standard InChI is InChI=1S/C18H18ClFN2O5S/c1-11-4-6-13(9-15(11)20)21-17(23)10-27-18(24)12-5-7-14(19)16(8-12)28(25,26)22(2)3/h4-9H,10H2,1-3H3,(H,21,23). The number of carbonyl (C=O) groups is 2. The maximum atomic E-state index is 13.5. The summed E-state index contributed by atoms with van der Waals surface area (Å²) in [7, 11) is -1.21. The van der Waals surface area contributed by atoms with E-state index in [1.165, 1.54) is 38.4 Å². The minimum atomic E-state index is -3.86. The molecule has 0 aliphatic carbocycles. The van der Waals surface area contributed by atoms with E-state index >= 15 is 0 Å². The Hall–Kier alpha value is -2.49. The molecule has 0 aromatic heterocycles. The van der Waals surface area contributed by atoms with E-state index in [1.807, 2.05) is 0 Å². The normalized spacial score (nSPS) is 11.4. The Kier molecular flexibility index (Phi) is 6.76. The van der Waals surface area contributed by atoms with Crippen LogP contribution in [0.1, 0.15) is 15.9 Å². The van der Waals surface area contributed by atoms with E-state index in [0.29, 0.717) is 5.56 Å². The fraction of sp³-hybridized carbons (Fsp3) is 0.222. The zero-order chi connectivity index (χ0) is 21.1. The number of esters is 1. The number of amides is 1. The molecular formula is C18H18ClFN2O5S. The SMILES string of the molecule is Cc1ccc(NC(=O)COC(=O)c2ccc(Cl)c(S(=O)(=O)N(C)C)c2)cc1F. The quantitative estimate of drug-likeness (QED) is 0.714. The van der Waals surface area contributed by atoms with Gasteiger partial charge in [0.15, 0.2) is 6.61 Å². The van der Waals surface area contributed by atoms with E-state index in [9.17, 15) is 22.4 Å². The number of nitrogens with zero attached hydrogens (tertiary/aromatic N) is 1. The highest BCUT2D eigenvalue weighted by Crippen LogP contribution is 2.25. The summed E-state index contributed by atoms with van der Waals surface area (Å²) in [6.07, 6.45) is 0. The van der Waals surface area contributed by atoms with Crippen molar-refractivity contribution in [2.45, 2.75) is 11.8 Å². The van der Waals surface area contributed by atoms with E-state index in [0.717, 1.165) is 16.4 Å². The van der Waals surface area contributed by atoms with Crippen LogP contribution in [0.4, 0.5) is 10.1 Å². The van der Waals surface area contributed by atoms with E-state index in [1.54, 1.807) is 6.92 Å². The van der Waals surface area contributed by atoms with Gasteiger partial charge >= 0.3 is 5.97 Å². The third kappa shape index (κ3) is 5.06. The van der Waals surface area contributed by atoms with Crippen molar-refractivity contribution in [3.8, 4) is 0 Å². The van der Waals surface area contributed by atoms with Crippen LogP contribution in [0.3, 0.4) is 0 Å². The Labute approximate surface area is 167 Å². The average molecular weight is 429 g/mol. The average Bonchev–Trinajstić information content (AvgIpc) is 2.63. The van der Waals surface area contributed by atoms with Crippen LogP contribution in [0.5, 0.6) is 0 Å². The number of nitrogens with one attached hydrogen (secondary N) is 1. The molecule has 150 valence electrons. The first-order chi connectivity index (χ1) is 13.0. The van der Waals surface area contributed by atoms with Crippen molar-refractivity contribution in [2.24, 2.45) is 0 Å². The van der Waals surface area contributed by atoms with Crippen LogP contribution >= 0.6 is 11.6 Å². The van der Waals surface area contributed by atoms with E-state index in [2.05, 4.69) is 5.32 Å². The molecular weight excluding hydrogens is 411 g/mol. The molecule has 2 aromatic rings. The Morgan fingerprint density at radius 2 is 1.86 bits per heavy atom. The third-order valence-electron chi connectivity index (χ3n) is 3.72. The van der Waals surface area contributed by atoms with Gasteiger partial charge in [0.2, 0.25) is 10.0 Å². The van der Waals surface area contributed by atoms with Crippen LogP contribution in [0.25, 0.3) is 0 Å². The first-order valence-electron chi connectivity index (χ1n) is 7.97. The highest BCUT2D eigenvalue weighted by molar-refractivity contribution is 7.89. The summed E-state index contributed by atoms with van der Waals surface area (Å²) in [5.41, 5.74) is 0.560. The number of hydrogen-bond donors (Lipinski definition) is 1. The molecule has 7 nitrogen and oxygen atoms in total.